The number of methoxy groups -OCH3 is 1. The molecule has 1 heterocycles. The molecule has 1 N–H and O–H groups in total. The third-order valence-corrected chi connectivity index (χ3v) is 3.92. The first kappa shape index (κ1) is 14.6. The second-order valence-electron chi connectivity index (χ2n) is 6.00. The summed E-state index contributed by atoms with van der Waals surface area (Å²) in [6.07, 6.45) is 0.604. The van der Waals surface area contributed by atoms with E-state index in [9.17, 15) is 9.59 Å². The number of hydrogen-bond donors (Lipinski definition) is 1. The lowest BCUT2D eigenvalue weighted by molar-refractivity contribution is -0.135. The maximum absolute atomic E-state index is 11.7. The normalized spacial score (nSPS) is 18.1. The van der Waals surface area contributed by atoms with Crippen molar-refractivity contribution < 1.29 is 14.3 Å². The molecule has 4 nitrogen and oxygen atoms in total. The van der Waals surface area contributed by atoms with Crippen LogP contribution in [0.4, 0.5) is 0 Å². The molecular formula is C16H21NO3. The first-order valence-electron chi connectivity index (χ1n) is 6.87. The van der Waals surface area contributed by atoms with Crippen LogP contribution in [-0.4, -0.2) is 18.9 Å². The van der Waals surface area contributed by atoms with Gasteiger partial charge in [0, 0.05) is 23.8 Å². The van der Waals surface area contributed by atoms with Gasteiger partial charge < -0.3 is 4.74 Å². The minimum absolute atomic E-state index is 0.222. The first-order chi connectivity index (χ1) is 9.35. The predicted molar refractivity (Wildman–Crippen MR) is 76.8 cm³/mol. The van der Waals surface area contributed by atoms with Gasteiger partial charge in [-0.3, -0.25) is 14.9 Å². The Bertz CT molecular complexity index is 533. The van der Waals surface area contributed by atoms with E-state index < -0.39 is 5.41 Å². The van der Waals surface area contributed by atoms with Gasteiger partial charge >= 0.3 is 0 Å². The van der Waals surface area contributed by atoms with Gasteiger partial charge in [0.2, 0.25) is 11.8 Å². The van der Waals surface area contributed by atoms with Gasteiger partial charge in [0.25, 0.3) is 0 Å². The quantitative estimate of drug-likeness (QED) is 0.862. The molecule has 108 valence electrons. The van der Waals surface area contributed by atoms with Gasteiger partial charge in [0.05, 0.1) is 7.11 Å². The Kier molecular flexibility index (Phi) is 3.84. The molecule has 1 aliphatic heterocycles. The maximum Gasteiger partial charge on any atom is 0.227 e. The van der Waals surface area contributed by atoms with E-state index in [-0.39, 0.29) is 11.8 Å². The molecule has 0 spiro atoms. The van der Waals surface area contributed by atoms with Crippen LogP contribution >= 0.6 is 0 Å². The molecule has 0 saturated carbocycles. The van der Waals surface area contributed by atoms with Gasteiger partial charge in [-0.2, -0.15) is 0 Å². The number of piperidine rings is 1. The van der Waals surface area contributed by atoms with E-state index in [1.807, 2.05) is 19.1 Å². The van der Waals surface area contributed by atoms with E-state index in [1.165, 1.54) is 5.56 Å². The van der Waals surface area contributed by atoms with Gasteiger partial charge in [0.1, 0.15) is 5.75 Å². The van der Waals surface area contributed by atoms with E-state index in [0.29, 0.717) is 18.8 Å². The van der Waals surface area contributed by atoms with E-state index in [2.05, 4.69) is 25.2 Å². The molecule has 1 fully saturated rings. The lowest BCUT2D eigenvalue weighted by Gasteiger charge is -2.34. The van der Waals surface area contributed by atoms with E-state index >= 15 is 0 Å². The summed E-state index contributed by atoms with van der Waals surface area (Å²) in [4.78, 5) is 23.4. The largest absolute Gasteiger partial charge is 0.496 e. The molecule has 1 aromatic carbocycles. The zero-order valence-electron chi connectivity index (χ0n) is 12.4. The van der Waals surface area contributed by atoms with Crippen LogP contribution < -0.4 is 10.1 Å². The van der Waals surface area contributed by atoms with Gasteiger partial charge in [-0.05, 0) is 17.5 Å². The van der Waals surface area contributed by atoms with Crippen molar-refractivity contribution in [3.8, 4) is 5.75 Å². The summed E-state index contributed by atoms with van der Waals surface area (Å²) in [5, 5.41) is 2.36. The minimum atomic E-state index is -0.504. The third-order valence-electron chi connectivity index (χ3n) is 3.92. The van der Waals surface area contributed by atoms with Gasteiger partial charge in [-0.25, -0.2) is 0 Å². The van der Waals surface area contributed by atoms with Crippen LogP contribution in [0.1, 0.15) is 50.7 Å². The van der Waals surface area contributed by atoms with Crippen molar-refractivity contribution in [1.29, 1.82) is 0 Å². The summed E-state index contributed by atoms with van der Waals surface area (Å²) in [5.74, 6) is 0.678. The molecular weight excluding hydrogens is 254 g/mol. The van der Waals surface area contributed by atoms with Crippen molar-refractivity contribution in [2.45, 2.75) is 44.9 Å². The van der Waals surface area contributed by atoms with E-state index in [1.54, 1.807) is 7.11 Å². The Morgan fingerprint density at radius 3 is 2.30 bits per heavy atom. The topological polar surface area (TPSA) is 55.4 Å². The van der Waals surface area contributed by atoms with E-state index in [4.69, 9.17) is 4.74 Å². The number of nitrogens with one attached hydrogen (secondary N) is 1. The summed E-state index contributed by atoms with van der Waals surface area (Å²) < 4.78 is 5.43. The molecule has 0 aromatic heterocycles. The van der Waals surface area contributed by atoms with Crippen molar-refractivity contribution in [2.75, 3.05) is 7.11 Å². The Morgan fingerprint density at radius 2 is 1.80 bits per heavy atom. The standard InChI is InChI=1S/C16H21NO3/c1-10(2)11-5-6-13(20-4)12(7-11)16(3)8-14(18)17-15(19)9-16/h5-7,10H,8-9H2,1-4H3,(H,17,18,19). The average Bonchev–Trinajstić information content (AvgIpc) is 2.36. The van der Waals surface area contributed by atoms with Crippen molar-refractivity contribution in [1.82, 2.24) is 5.32 Å². The highest BCUT2D eigenvalue weighted by Gasteiger charge is 2.39. The van der Waals surface area contributed by atoms with Crippen LogP contribution in [-0.2, 0) is 15.0 Å². The summed E-state index contributed by atoms with van der Waals surface area (Å²) in [6.45, 7) is 6.19. The van der Waals surface area contributed by atoms with Crippen LogP contribution in [0.25, 0.3) is 0 Å². The second kappa shape index (κ2) is 5.27. The molecule has 1 aromatic rings. The number of carbonyl (C=O) groups excluding carboxylic acids is 2. The highest BCUT2D eigenvalue weighted by molar-refractivity contribution is 5.99. The summed E-state index contributed by atoms with van der Waals surface area (Å²) in [7, 11) is 1.61. The zero-order chi connectivity index (χ0) is 14.9. The monoisotopic (exact) mass is 275 g/mol. The molecule has 0 atom stereocenters. The van der Waals surface area contributed by atoms with Gasteiger partial charge in [-0.15, -0.1) is 0 Å². The highest BCUT2D eigenvalue weighted by Crippen LogP contribution is 2.40. The fraction of sp³-hybridized carbons (Fsp3) is 0.500. The lowest BCUT2D eigenvalue weighted by Crippen LogP contribution is -2.45. The number of rotatable bonds is 3. The first-order valence-corrected chi connectivity index (χ1v) is 6.87. The van der Waals surface area contributed by atoms with Crippen molar-refractivity contribution in [3.05, 3.63) is 29.3 Å². The molecule has 1 aliphatic rings. The van der Waals surface area contributed by atoms with Crippen molar-refractivity contribution >= 4 is 11.8 Å². The van der Waals surface area contributed by atoms with Crippen LogP contribution in [0.15, 0.2) is 18.2 Å². The number of imide groups is 1. The Hall–Kier alpha value is -1.84. The summed E-state index contributed by atoms with van der Waals surface area (Å²) in [5.41, 5.74) is 1.62. The van der Waals surface area contributed by atoms with Crippen molar-refractivity contribution in [3.63, 3.8) is 0 Å². The average molecular weight is 275 g/mol. The number of carbonyl (C=O) groups is 2. The number of benzene rings is 1. The summed E-state index contributed by atoms with van der Waals surface area (Å²) in [6, 6.07) is 6.02. The molecule has 0 radical (unpaired) electrons. The molecule has 2 amide bonds. The molecule has 0 bridgehead atoms. The molecule has 20 heavy (non-hydrogen) atoms. The third kappa shape index (κ3) is 2.69. The van der Waals surface area contributed by atoms with E-state index in [0.717, 1.165) is 11.3 Å². The second-order valence-corrected chi connectivity index (χ2v) is 6.00. The molecule has 0 unspecified atom stereocenters. The number of hydrogen-bond acceptors (Lipinski definition) is 3. The summed E-state index contributed by atoms with van der Waals surface area (Å²) >= 11 is 0. The number of ether oxygens (including phenoxy) is 1. The Balaban J connectivity index is 2.51. The number of amides is 2. The SMILES string of the molecule is COc1ccc(C(C)C)cc1C1(C)CC(=O)NC(=O)C1. The van der Waals surface area contributed by atoms with Gasteiger partial charge in [-0.1, -0.05) is 32.9 Å². The van der Waals surface area contributed by atoms with Crippen LogP contribution in [0, 0.1) is 0 Å². The van der Waals surface area contributed by atoms with Gasteiger partial charge in [0.15, 0.2) is 0 Å². The zero-order valence-corrected chi connectivity index (χ0v) is 12.4. The fourth-order valence-corrected chi connectivity index (χ4v) is 2.76. The van der Waals surface area contributed by atoms with Crippen molar-refractivity contribution in [2.24, 2.45) is 0 Å². The van der Waals surface area contributed by atoms with Crippen LogP contribution in [0.2, 0.25) is 0 Å². The maximum atomic E-state index is 11.7. The molecule has 0 aliphatic carbocycles. The highest BCUT2D eigenvalue weighted by atomic mass is 16.5. The van der Waals surface area contributed by atoms with Crippen LogP contribution in [0.5, 0.6) is 5.75 Å². The molecule has 1 saturated heterocycles. The Labute approximate surface area is 119 Å². The molecule has 2 rings (SSSR count). The Morgan fingerprint density at radius 1 is 1.20 bits per heavy atom. The lowest BCUT2D eigenvalue weighted by atomic mass is 9.73. The smallest absolute Gasteiger partial charge is 0.227 e. The fourth-order valence-electron chi connectivity index (χ4n) is 2.76. The van der Waals surface area contributed by atoms with Crippen LogP contribution in [0.3, 0.4) is 0 Å². The molecule has 4 heteroatoms. The predicted octanol–water partition coefficient (Wildman–Crippen LogP) is 2.51. The minimum Gasteiger partial charge on any atom is -0.496 e.